The van der Waals surface area contributed by atoms with Crippen LogP contribution in [0.1, 0.15) is 28.5 Å². The Morgan fingerprint density at radius 3 is 2.34 bits per heavy atom. The maximum Gasteiger partial charge on any atom is 0.417 e. The first-order valence-corrected chi connectivity index (χ1v) is 10.1. The zero-order chi connectivity index (χ0) is 23.0. The second-order valence-electron chi connectivity index (χ2n) is 7.02. The molecule has 0 aliphatic carbocycles. The molecular weight excluding hydrogens is 443 g/mol. The van der Waals surface area contributed by atoms with E-state index in [1.54, 1.807) is 43.3 Å². The summed E-state index contributed by atoms with van der Waals surface area (Å²) in [7, 11) is 0. The van der Waals surface area contributed by atoms with Gasteiger partial charge in [0.25, 0.3) is 0 Å². The third-order valence-electron chi connectivity index (χ3n) is 4.88. The van der Waals surface area contributed by atoms with E-state index < -0.39 is 17.7 Å². The van der Waals surface area contributed by atoms with E-state index in [4.69, 9.17) is 16.3 Å². The van der Waals surface area contributed by atoms with E-state index in [1.165, 1.54) is 23.7 Å². The number of fused-ring (bicyclic) bond motifs is 1. The maximum absolute atomic E-state index is 13.9. The minimum atomic E-state index is -4.60. The number of pyridine rings is 1. The largest absolute Gasteiger partial charge is 0.462 e. The molecule has 0 atom stereocenters. The van der Waals surface area contributed by atoms with Gasteiger partial charge in [-0.2, -0.15) is 18.3 Å². The van der Waals surface area contributed by atoms with E-state index >= 15 is 0 Å². The Morgan fingerprint density at radius 1 is 1.09 bits per heavy atom. The molecule has 0 spiro atoms. The molecule has 0 radical (unpaired) electrons. The number of alkyl halides is 3. The molecule has 164 valence electrons. The summed E-state index contributed by atoms with van der Waals surface area (Å²) in [5, 5.41) is 4.70. The molecule has 0 amide bonds. The third-order valence-corrected chi connectivity index (χ3v) is 5.13. The highest BCUT2D eigenvalue weighted by atomic mass is 35.5. The monoisotopic (exact) mass is 459 g/mol. The van der Waals surface area contributed by atoms with Crippen molar-refractivity contribution in [2.75, 3.05) is 6.61 Å². The highest BCUT2D eigenvalue weighted by Crippen LogP contribution is 2.38. The van der Waals surface area contributed by atoms with Crippen LogP contribution in [-0.2, 0) is 10.9 Å². The molecule has 0 aliphatic heterocycles. The molecule has 32 heavy (non-hydrogen) atoms. The maximum atomic E-state index is 13.9. The van der Waals surface area contributed by atoms with Gasteiger partial charge in [-0.05, 0) is 56.3 Å². The van der Waals surface area contributed by atoms with Gasteiger partial charge in [0.15, 0.2) is 5.65 Å². The zero-order valence-electron chi connectivity index (χ0n) is 17.1. The Bertz CT molecular complexity index is 1300. The second-order valence-corrected chi connectivity index (χ2v) is 7.46. The van der Waals surface area contributed by atoms with Crippen LogP contribution in [0, 0.1) is 6.92 Å². The predicted octanol–water partition coefficient (Wildman–Crippen LogP) is 6.24. The van der Waals surface area contributed by atoms with Crippen LogP contribution in [0.15, 0.2) is 54.6 Å². The number of aryl methyl sites for hydroxylation is 1. The molecule has 0 unspecified atom stereocenters. The molecule has 4 aromatic rings. The molecule has 0 saturated heterocycles. The van der Waals surface area contributed by atoms with Crippen molar-refractivity contribution in [3.05, 3.63) is 76.4 Å². The molecule has 2 aromatic heterocycles. The molecule has 0 aliphatic rings. The number of benzene rings is 2. The quantitative estimate of drug-likeness (QED) is 0.339. The highest BCUT2D eigenvalue weighted by molar-refractivity contribution is 6.30. The average Bonchev–Trinajstić information content (AvgIpc) is 3.09. The normalized spacial score (nSPS) is 11.7. The lowest BCUT2D eigenvalue weighted by Crippen LogP contribution is -2.08. The smallest absolute Gasteiger partial charge is 0.417 e. The van der Waals surface area contributed by atoms with Crippen LogP contribution in [0.3, 0.4) is 0 Å². The van der Waals surface area contributed by atoms with Crippen LogP contribution in [0.4, 0.5) is 13.2 Å². The molecule has 2 heterocycles. The Hall–Kier alpha value is -3.39. The second kappa shape index (κ2) is 8.27. The fraction of sp³-hybridized carbons (Fsp3) is 0.174. The Balaban J connectivity index is 1.92. The van der Waals surface area contributed by atoms with E-state index in [-0.39, 0.29) is 29.0 Å². The van der Waals surface area contributed by atoms with Crippen LogP contribution >= 0.6 is 11.6 Å². The summed E-state index contributed by atoms with van der Waals surface area (Å²) in [5.74, 6) is -0.483. The number of nitrogens with zero attached hydrogens (tertiary/aromatic N) is 3. The van der Waals surface area contributed by atoms with Crippen molar-refractivity contribution in [1.82, 2.24) is 14.8 Å². The van der Waals surface area contributed by atoms with Crippen molar-refractivity contribution in [1.29, 1.82) is 0 Å². The minimum Gasteiger partial charge on any atom is -0.462 e. The summed E-state index contributed by atoms with van der Waals surface area (Å²) >= 11 is 5.91. The number of ether oxygens (including phenoxy) is 1. The highest BCUT2D eigenvalue weighted by Gasteiger charge is 2.35. The van der Waals surface area contributed by atoms with Gasteiger partial charge >= 0.3 is 12.1 Å². The van der Waals surface area contributed by atoms with Crippen molar-refractivity contribution in [2.45, 2.75) is 20.0 Å². The van der Waals surface area contributed by atoms with Crippen LogP contribution in [0.5, 0.6) is 0 Å². The van der Waals surface area contributed by atoms with Crippen molar-refractivity contribution in [2.24, 2.45) is 0 Å². The minimum absolute atomic E-state index is 0.0613. The lowest BCUT2D eigenvalue weighted by molar-refractivity contribution is -0.136. The lowest BCUT2D eigenvalue weighted by atomic mass is 10.1. The SMILES string of the molecule is CCOC(=O)c1ccc(-n2nc(C)c3c(C(F)(F)F)cc(-c4ccc(Cl)cc4)nc32)cc1. The molecule has 4 rings (SSSR count). The number of carbonyl (C=O) groups excluding carboxylic acids is 1. The number of halogens is 4. The van der Waals surface area contributed by atoms with Gasteiger partial charge in [-0.3, -0.25) is 0 Å². The van der Waals surface area contributed by atoms with E-state index in [0.29, 0.717) is 21.8 Å². The molecule has 9 heteroatoms. The van der Waals surface area contributed by atoms with Crippen molar-refractivity contribution < 1.29 is 22.7 Å². The summed E-state index contributed by atoms with van der Waals surface area (Å²) in [6, 6.07) is 13.7. The number of hydrogen-bond acceptors (Lipinski definition) is 4. The van der Waals surface area contributed by atoms with Gasteiger partial charge < -0.3 is 4.74 Å². The average molecular weight is 460 g/mol. The van der Waals surface area contributed by atoms with Gasteiger partial charge in [-0.1, -0.05) is 23.7 Å². The number of esters is 1. The van der Waals surface area contributed by atoms with E-state index in [9.17, 15) is 18.0 Å². The van der Waals surface area contributed by atoms with Crippen LogP contribution in [-0.4, -0.2) is 27.3 Å². The number of hydrogen-bond donors (Lipinski definition) is 0. The molecule has 0 N–H and O–H groups in total. The van der Waals surface area contributed by atoms with Crippen molar-refractivity contribution >= 4 is 28.6 Å². The van der Waals surface area contributed by atoms with Gasteiger partial charge in [0, 0.05) is 10.6 Å². The van der Waals surface area contributed by atoms with Gasteiger partial charge in [-0.15, -0.1) is 0 Å². The molecule has 0 saturated carbocycles. The third kappa shape index (κ3) is 4.05. The van der Waals surface area contributed by atoms with Crippen LogP contribution in [0.25, 0.3) is 28.0 Å². The van der Waals surface area contributed by atoms with E-state index in [1.807, 2.05) is 0 Å². The molecule has 2 aromatic carbocycles. The predicted molar refractivity (Wildman–Crippen MR) is 115 cm³/mol. The molecule has 5 nitrogen and oxygen atoms in total. The van der Waals surface area contributed by atoms with Crippen molar-refractivity contribution in [3.63, 3.8) is 0 Å². The number of aromatic nitrogens is 3. The van der Waals surface area contributed by atoms with Gasteiger partial charge in [0.2, 0.25) is 0 Å². The fourth-order valence-corrected chi connectivity index (χ4v) is 3.54. The zero-order valence-corrected chi connectivity index (χ0v) is 17.8. The molecule has 0 bridgehead atoms. The van der Waals surface area contributed by atoms with Crippen LogP contribution in [0.2, 0.25) is 5.02 Å². The topological polar surface area (TPSA) is 57.0 Å². The summed E-state index contributed by atoms with van der Waals surface area (Å²) in [4.78, 5) is 16.4. The summed E-state index contributed by atoms with van der Waals surface area (Å²) in [5.41, 5.74) is 0.859. The number of rotatable bonds is 4. The standard InChI is InChI=1S/C23H17ClF3N3O2/c1-3-32-22(31)15-6-10-17(11-7-15)30-21-20(13(2)29-30)18(23(25,26)27)12-19(28-21)14-4-8-16(24)9-5-14/h4-12H,3H2,1-2H3. The van der Waals surface area contributed by atoms with Gasteiger partial charge in [0.1, 0.15) is 0 Å². The fourth-order valence-electron chi connectivity index (χ4n) is 3.41. The summed E-state index contributed by atoms with van der Waals surface area (Å²) < 4.78 is 48.1. The Morgan fingerprint density at radius 2 is 1.75 bits per heavy atom. The lowest BCUT2D eigenvalue weighted by Gasteiger charge is -2.12. The van der Waals surface area contributed by atoms with E-state index in [0.717, 1.165) is 6.07 Å². The first kappa shape index (κ1) is 21.8. The number of carbonyl (C=O) groups is 1. The van der Waals surface area contributed by atoms with E-state index in [2.05, 4.69) is 10.1 Å². The Labute approximate surface area is 186 Å². The molecular formula is C23H17ClF3N3O2. The molecule has 0 fully saturated rings. The first-order chi connectivity index (χ1) is 15.2. The van der Waals surface area contributed by atoms with Gasteiger partial charge in [0.05, 0.1) is 40.2 Å². The van der Waals surface area contributed by atoms with Gasteiger partial charge in [-0.25, -0.2) is 14.5 Å². The summed E-state index contributed by atoms with van der Waals surface area (Å²) in [6.07, 6.45) is -4.60. The van der Waals surface area contributed by atoms with Crippen LogP contribution < -0.4 is 0 Å². The van der Waals surface area contributed by atoms with Crippen molar-refractivity contribution in [3.8, 4) is 16.9 Å². The summed E-state index contributed by atoms with van der Waals surface area (Å²) in [6.45, 7) is 3.44. The first-order valence-electron chi connectivity index (χ1n) is 9.70. The Kier molecular flexibility index (Phi) is 5.64.